The molecule has 4 nitrogen and oxygen atoms in total. The highest BCUT2D eigenvalue weighted by molar-refractivity contribution is 6.30. The minimum atomic E-state index is -1.47. The molecule has 0 fully saturated rings. The fourth-order valence-corrected chi connectivity index (χ4v) is 2.48. The van der Waals surface area contributed by atoms with Crippen molar-refractivity contribution < 1.29 is 23.8 Å². The number of aliphatic carboxylic acids is 1. The Bertz CT molecular complexity index is 637. The monoisotopic (exact) mass is 310 g/mol. The molecule has 0 spiro atoms. The van der Waals surface area contributed by atoms with Gasteiger partial charge in [-0.25, -0.2) is 4.79 Å². The summed E-state index contributed by atoms with van der Waals surface area (Å²) in [5.41, 5.74) is -0.0101. The minimum absolute atomic E-state index is 0.0601. The summed E-state index contributed by atoms with van der Waals surface area (Å²) >= 11 is 5.80. The van der Waals surface area contributed by atoms with E-state index in [0.29, 0.717) is 10.6 Å². The molecule has 1 aliphatic rings. The molecule has 1 N–H and O–H groups in total. The van der Waals surface area contributed by atoms with Gasteiger partial charge in [0.15, 0.2) is 5.78 Å². The number of allylic oxidation sites excluding steroid dienone is 2. The van der Waals surface area contributed by atoms with E-state index in [1.54, 1.807) is 24.3 Å². The Morgan fingerprint density at radius 1 is 1.24 bits per heavy atom. The van der Waals surface area contributed by atoms with Gasteiger partial charge in [0, 0.05) is 10.6 Å². The number of ketones is 1. The molecule has 0 bridgehead atoms. The SMILES string of the molecule is CC(=O)C1=C(C)OC(F)=C(C(=O)O)C1c1ccc(Cl)cc1. The van der Waals surface area contributed by atoms with Crippen molar-refractivity contribution in [2.75, 3.05) is 0 Å². The molecule has 1 aliphatic heterocycles. The minimum Gasteiger partial charge on any atom is -0.478 e. The molecule has 1 unspecified atom stereocenters. The van der Waals surface area contributed by atoms with Crippen LogP contribution in [0.4, 0.5) is 4.39 Å². The van der Waals surface area contributed by atoms with Gasteiger partial charge >= 0.3 is 5.97 Å². The second-order valence-electron chi connectivity index (χ2n) is 4.61. The number of ether oxygens (including phenoxy) is 1. The standard InChI is InChI=1S/C15H12ClFO4/c1-7(18)11-8(2)21-14(17)13(15(19)20)12(11)9-3-5-10(16)6-4-9/h3-6,12H,1-2H3,(H,19,20). The molecule has 0 aromatic heterocycles. The second kappa shape index (κ2) is 5.69. The summed E-state index contributed by atoms with van der Waals surface area (Å²) in [4.78, 5) is 23.2. The van der Waals surface area contributed by atoms with E-state index in [2.05, 4.69) is 0 Å². The van der Waals surface area contributed by atoms with Crippen LogP contribution in [0.15, 0.2) is 47.2 Å². The van der Waals surface area contributed by atoms with Crippen molar-refractivity contribution in [1.82, 2.24) is 0 Å². The molecule has 0 aliphatic carbocycles. The van der Waals surface area contributed by atoms with Crippen LogP contribution in [0, 0.1) is 0 Å². The maximum atomic E-state index is 13.9. The molecule has 0 amide bonds. The Balaban J connectivity index is 2.67. The smallest absolute Gasteiger partial charge is 0.338 e. The summed E-state index contributed by atoms with van der Waals surface area (Å²) in [5.74, 6) is -2.81. The molecular weight excluding hydrogens is 299 g/mol. The topological polar surface area (TPSA) is 63.6 Å². The van der Waals surface area contributed by atoms with Crippen molar-refractivity contribution in [3.8, 4) is 0 Å². The Labute approximate surface area is 125 Å². The Morgan fingerprint density at radius 2 is 1.81 bits per heavy atom. The normalized spacial score (nSPS) is 18.6. The molecule has 0 saturated carbocycles. The number of carbonyl (C=O) groups is 2. The molecular formula is C15H12ClFO4. The predicted molar refractivity (Wildman–Crippen MR) is 74.4 cm³/mol. The van der Waals surface area contributed by atoms with E-state index in [9.17, 15) is 19.1 Å². The van der Waals surface area contributed by atoms with Crippen LogP contribution in [0.5, 0.6) is 0 Å². The van der Waals surface area contributed by atoms with Crippen LogP contribution in [0.25, 0.3) is 0 Å². The summed E-state index contributed by atoms with van der Waals surface area (Å²) in [6.07, 6.45) is 0. The van der Waals surface area contributed by atoms with Crippen LogP contribution in [-0.4, -0.2) is 16.9 Å². The Kier molecular flexibility index (Phi) is 4.14. The van der Waals surface area contributed by atoms with Gasteiger partial charge in [-0.2, -0.15) is 4.39 Å². The third-order valence-electron chi connectivity index (χ3n) is 3.22. The van der Waals surface area contributed by atoms with Crippen molar-refractivity contribution >= 4 is 23.4 Å². The number of Topliss-reactive ketones (excluding diaryl/α,β-unsaturated/α-hetero) is 1. The van der Waals surface area contributed by atoms with Crippen LogP contribution in [0.2, 0.25) is 5.02 Å². The van der Waals surface area contributed by atoms with Gasteiger partial charge in [-0.3, -0.25) is 4.79 Å². The van der Waals surface area contributed by atoms with Crippen LogP contribution in [0.3, 0.4) is 0 Å². The van der Waals surface area contributed by atoms with E-state index in [1.807, 2.05) is 0 Å². The molecule has 21 heavy (non-hydrogen) atoms. The average Bonchev–Trinajstić information content (AvgIpc) is 2.37. The molecule has 1 aromatic carbocycles. The fraction of sp³-hybridized carbons (Fsp3) is 0.200. The quantitative estimate of drug-likeness (QED) is 0.926. The summed E-state index contributed by atoms with van der Waals surface area (Å²) in [5, 5.41) is 9.70. The van der Waals surface area contributed by atoms with Crippen molar-refractivity contribution in [2.24, 2.45) is 0 Å². The van der Waals surface area contributed by atoms with E-state index >= 15 is 0 Å². The zero-order valence-corrected chi connectivity index (χ0v) is 12.1. The number of benzene rings is 1. The van der Waals surface area contributed by atoms with Crippen LogP contribution < -0.4 is 0 Å². The van der Waals surface area contributed by atoms with Gasteiger partial charge < -0.3 is 9.84 Å². The number of rotatable bonds is 3. The van der Waals surface area contributed by atoms with Crippen molar-refractivity contribution in [1.29, 1.82) is 0 Å². The van der Waals surface area contributed by atoms with Gasteiger partial charge in [0.2, 0.25) is 0 Å². The van der Waals surface area contributed by atoms with Crippen molar-refractivity contribution in [2.45, 2.75) is 19.8 Å². The van der Waals surface area contributed by atoms with Crippen LogP contribution >= 0.6 is 11.6 Å². The van der Waals surface area contributed by atoms with Crippen molar-refractivity contribution in [3.05, 3.63) is 57.8 Å². The number of carboxylic acids is 1. The molecule has 2 rings (SSSR count). The lowest BCUT2D eigenvalue weighted by molar-refractivity contribution is -0.133. The summed E-state index contributed by atoms with van der Waals surface area (Å²) in [6, 6.07) is 5.02. The largest absolute Gasteiger partial charge is 0.478 e. The number of carbonyl (C=O) groups excluding carboxylic acids is 1. The Morgan fingerprint density at radius 3 is 2.29 bits per heavy atom. The van der Waals surface area contributed by atoms with Gasteiger partial charge in [-0.1, -0.05) is 23.7 Å². The molecule has 0 radical (unpaired) electrons. The van der Waals surface area contributed by atoms with E-state index in [0.717, 1.165) is 0 Å². The zero-order valence-electron chi connectivity index (χ0n) is 11.3. The third-order valence-corrected chi connectivity index (χ3v) is 3.48. The maximum absolute atomic E-state index is 13.9. The number of hydrogen-bond acceptors (Lipinski definition) is 3. The molecule has 6 heteroatoms. The molecule has 1 heterocycles. The summed E-state index contributed by atoms with van der Waals surface area (Å²) < 4.78 is 18.7. The lowest BCUT2D eigenvalue weighted by Crippen LogP contribution is -2.24. The second-order valence-corrected chi connectivity index (χ2v) is 5.04. The Hall–Kier alpha value is -2.14. The van der Waals surface area contributed by atoms with Gasteiger partial charge in [0.25, 0.3) is 6.01 Å². The lowest BCUT2D eigenvalue weighted by atomic mass is 9.81. The number of carboxylic acid groups (broad SMARTS) is 1. The van der Waals surface area contributed by atoms with E-state index in [1.165, 1.54) is 13.8 Å². The summed E-state index contributed by atoms with van der Waals surface area (Å²) in [7, 11) is 0. The van der Waals surface area contributed by atoms with Crippen molar-refractivity contribution in [3.63, 3.8) is 0 Å². The highest BCUT2D eigenvalue weighted by Crippen LogP contribution is 2.41. The van der Waals surface area contributed by atoms with Gasteiger partial charge in [0.05, 0.1) is 5.92 Å². The van der Waals surface area contributed by atoms with Gasteiger partial charge in [-0.15, -0.1) is 0 Å². The molecule has 0 saturated heterocycles. The first-order chi connectivity index (χ1) is 9.82. The fourth-order valence-electron chi connectivity index (χ4n) is 2.35. The van der Waals surface area contributed by atoms with Crippen LogP contribution in [0.1, 0.15) is 25.3 Å². The van der Waals surface area contributed by atoms with Gasteiger partial charge in [0.1, 0.15) is 11.3 Å². The van der Waals surface area contributed by atoms with E-state index in [-0.39, 0.29) is 17.1 Å². The lowest BCUT2D eigenvalue weighted by Gasteiger charge is -2.26. The number of hydrogen-bond donors (Lipinski definition) is 1. The average molecular weight is 311 g/mol. The highest BCUT2D eigenvalue weighted by atomic mass is 35.5. The first kappa shape index (κ1) is 15.3. The number of halogens is 2. The van der Waals surface area contributed by atoms with E-state index in [4.69, 9.17) is 16.3 Å². The first-order valence-electron chi connectivity index (χ1n) is 6.11. The molecule has 1 aromatic rings. The third kappa shape index (κ3) is 2.83. The van der Waals surface area contributed by atoms with Gasteiger partial charge in [-0.05, 0) is 31.5 Å². The molecule has 110 valence electrons. The zero-order chi connectivity index (χ0) is 15.7. The predicted octanol–water partition coefficient (Wildman–Crippen LogP) is 3.58. The maximum Gasteiger partial charge on any atom is 0.338 e. The summed E-state index contributed by atoms with van der Waals surface area (Å²) in [6.45, 7) is 2.71. The molecule has 1 atom stereocenters. The first-order valence-corrected chi connectivity index (χ1v) is 6.48. The van der Waals surface area contributed by atoms with E-state index < -0.39 is 23.5 Å². The van der Waals surface area contributed by atoms with Crippen LogP contribution in [-0.2, 0) is 14.3 Å². The highest BCUT2D eigenvalue weighted by Gasteiger charge is 2.38.